The average molecular weight is 170 g/mol. The first-order valence-corrected chi connectivity index (χ1v) is 3.53. The molecule has 6 nitrogen and oxygen atoms in total. The molecule has 0 radical (unpaired) electrons. The summed E-state index contributed by atoms with van der Waals surface area (Å²) in [5.41, 5.74) is 5.83. The third-order valence-electron chi connectivity index (χ3n) is 1.45. The highest BCUT2D eigenvalue weighted by Gasteiger charge is 2.15. The maximum absolute atomic E-state index is 10.3. The fourth-order valence-electron chi connectivity index (χ4n) is 0.938. The largest absolute Gasteiger partial charge is 0.392 e. The molecule has 0 amide bonds. The molecule has 66 valence electrons. The number of nitro groups is 1. The number of aryl methyl sites for hydroxylation is 1. The van der Waals surface area contributed by atoms with Crippen molar-refractivity contribution < 1.29 is 4.92 Å². The van der Waals surface area contributed by atoms with E-state index >= 15 is 0 Å². The minimum absolute atomic E-state index is 0.0940. The van der Waals surface area contributed by atoms with Gasteiger partial charge in [0.1, 0.15) is 0 Å². The zero-order valence-corrected chi connectivity index (χ0v) is 6.73. The van der Waals surface area contributed by atoms with Crippen molar-refractivity contribution in [2.45, 2.75) is 13.5 Å². The van der Waals surface area contributed by atoms with Crippen molar-refractivity contribution in [2.24, 2.45) is 5.73 Å². The van der Waals surface area contributed by atoms with Gasteiger partial charge in [0.25, 0.3) is 0 Å². The average Bonchev–Trinajstić information content (AvgIpc) is 2.32. The second kappa shape index (κ2) is 3.31. The normalized spacial score (nSPS) is 10.2. The number of hydrogen-bond donors (Lipinski definition) is 1. The molecule has 0 aliphatic carbocycles. The smallest absolute Gasteiger partial charge is 0.358 e. The molecule has 1 aromatic heterocycles. The fourth-order valence-corrected chi connectivity index (χ4v) is 0.938. The number of nitrogens with zero attached hydrogens (tertiary/aromatic N) is 3. The van der Waals surface area contributed by atoms with Crippen molar-refractivity contribution in [1.29, 1.82) is 0 Å². The van der Waals surface area contributed by atoms with E-state index in [9.17, 15) is 10.1 Å². The summed E-state index contributed by atoms with van der Waals surface area (Å²) in [5.74, 6) is -0.0940. The molecular weight excluding hydrogens is 160 g/mol. The minimum atomic E-state index is -0.498. The summed E-state index contributed by atoms with van der Waals surface area (Å²) < 4.78 is 1.48. The van der Waals surface area contributed by atoms with Gasteiger partial charge in [0.05, 0.1) is 23.4 Å². The third-order valence-corrected chi connectivity index (χ3v) is 1.45. The molecule has 0 aromatic carbocycles. The topological polar surface area (TPSA) is 87.0 Å². The summed E-state index contributed by atoms with van der Waals surface area (Å²) in [4.78, 5) is 9.84. The monoisotopic (exact) mass is 170 g/mol. The Bertz CT molecular complexity index is 294. The van der Waals surface area contributed by atoms with E-state index in [0.717, 1.165) is 0 Å². The van der Waals surface area contributed by atoms with E-state index in [1.807, 2.05) is 0 Å². The van der Waals surface area contributed by atoms with Crippen molar-refractivity contribution in [1.82, 2.24) is 9.78 Å². The second-order valence-electron chi connectivity index (χ2n) is 2.44. The lowest BCUT2D eigenvalue weighted by Gasteiger charge is -1.88. The first-order valence-electron chi connectivity index (χ1n) is 3.53. The zero-order chi connectivity index (χ0) is 9.14. The van der Waals surface area contributed by atoms with Gasteiger partial charge in [-0.3, -0.25) is 0 Å². The molecular formula is C6H10N4O2. The quantitative estimate of drug-likeness (QED) is 0.513. The van der Waals surface area contributed by atoms with Crippen LogP contribution in [-0.4, -0.2) is 21.2 Å². The summed E-state index contributed by atoms with van der Waals surface area (Å²) in [5, 5.41) is 14.1. The van der Waals surface area contributed by atoms with Crippen LogP contribution in [0.5, 0.6) is 0 Å². The van der Waals surface area contributed by atoms with Gasteiger partial charge in [0.15, 0.2) is 0 Å². The molecule has 0 spiro atoms. The zero-order valence-electron chi connectivity index (χ0n) is 6.73. The van der Waals surface area contributed by atoms with Crippen molar-refractivity contribution in [3.05, 3.63) is 21.9 Å². The van der Waals surface area contributed by atoms with Gasteiger partial charge >= 0.3 is 5.82 Å². The molecule has 0 saturated carbocycles. The molecule has 0 aliphatic heterocycles. The Morgan fingerprint density at radius 3 is 2.92 bits per heavy atom. The van der Waals surface area contributed by atoms with E-state index in [0.29, 0.717) is 18.7 Å². The van der Waals surface area contributed by atoms with Crippen molar-refractivity contribution in [3.63, 3.8) is 0 Å². The third kappa shape index (κ3) is 1.59. The van der Waals surface area contributed by atoms with Crippen LogP contribution in [-0.2, 0) is 6.54 Å². The highest BCUT2D eigenvalue weighted by molar-refractivity contribution is 5.27. The lowest BCUT2D eigenvalue weighted by Crippen LogP contribution is -2.10. The maximum Gasteiger partial charge on any atom is 0.392 e. The van der Waals surface area contributed by atoms with Crippen LogP contribution in [0.3, 0.4) is 0 Å². The first kappa shape index (κ1) is 8.66. The van der Waals surface area contributed by atoms with Gasteiger partial charge in [-0.15, -0.1) is 0 Å². The fraction of sp³-hybridized carbons (Fsp3) is 0.500. The molecule has 0 saturated heterocycles. The number of aromatic nitrogens is 2. The lowest BCUT2D eigenvalue weighted by atomic mass is 10.4. The van der Waals surface area contributed by atoms with Gasteiger partial charge in [-0.1, -0.05) is 0 Å². The van der Waals surface area contributed by atoms with Crippen LogP contribution in [0.1, 0.15) is 5.56 Å². The lowest BCUT2D eigenvalue weighted by molar-refractivity contribution is -0.390. The van der Waals surface area contributed by atoms with E-state index < -0.39 is 4.92 Å². The molecule has 0 fully saturated rings. The molecule has 2 N–H and O–H groups in total. The molecule has 0 atom stereocenters. The van der Waals surface area contributed by atoms with Crippen LogP contribution < -0.4 is 5.73 Å². The maximum atomic E-state index is 10.3. The molecule has 12 heavy (non-hydrogen) atoms. The van der Waals surface area contributed by atoms with Crippen LogP contribution in [0.25, 0.3) is 0 Å². The second-order valence-corrected chi connectivity index (χ2v) is 2.44. The Labute approximate surface area is 69.1 Å². The van der Waals surface area contributed by atoms with Crippen LogP contribution in [0, 0.1) is 17.0 Å². The standard InChI is InChI=1S/C6H10N4O2/c1-5-4-9(3-2-7)8-6(5)10(11)12/h4H,2-3,7H2,1H3. The number of hydrogen-bond acceptors (Lipinski definition) is 4. The molecule has 0 aliphatic rings. The molecule has 1 rings (SSSR count). The van der Waals surface area contributed by atoms with E-state index in [-0.39, 0.29) is 5.82 Å². The number of nitrogens with two attached hydrogens (primary N) is 1. The van der Waals surface area contributed by atoms with Gasteiger partial charge in [0, 0.05) is 6.54 Å². The first-order chi connectivity index (χ1) is 5.65. The van der Waals surface area contributed by atoms with Crippen LogP contribution >= 0.6 is 0 Å². The van der Waals surface area contributed by atoms with E-state index in [2.05, 4.69) is 5.10 Å². The van der Waals surface area contributed by atoms with Crippen LogP contribution in [0.15, 0.2) is 6.20 Å². The summed E-state index contributed by atoms with van der Waals surface area (Å²) in [7, 11) is 0. The highest BCUT2D eigenvalue weighted by Crippen LogP contribution is 2.13. The number of rotatable bonds is 3. The molecule has 1 heterocycles. The summed E-state index contributed by atoms with van der Waals surface area (Å²) in [6, 6.07) is 0. The van der Waals surface area contributed by atoms with Crippen LogP contribution in [0.2, 0.25) is 0 Å². The summed E-state index contributed by atoms with van der Waals surface area (Å²) in [6.45, 7) is 2.59. The molecule has 6 heteroatoms. The molecule has 1 aromatic rings. The Morgan fingerprint density at radius 2 is 2.50 bits per heavy atom. The van der Waals surface area contributed by atoms with Gasteiger partial charge in [-0.05, 0) is 11.8 Å². The van der Waals surface area contributed by atoms with E-state index in [1.54, 1.807) is 13.1 Å². The van der Waals surface area contributed by atoms with Crippen molar-refractivity contribution in [3.8, 4) is 0 Å². The van der Waals surface area contributed by atoms with E-state index in [1.165, 1.54) is 4.68 Å². The predicted octanol–water partition coefficient (Wildman–Crippen LogP) is 0.0584. The summed E-state index contributed by atoms with van der Waals surface area (Å²) >= 11 is 0. The van der Waals surface area contributed by atoms with E-state index in [4.69, 9.17) is 5.73 Å². The Hall–Kier alpha value is -1.43. The predicted molar refractivity (Wildman–Crippen MR) is 42.7 cm³/mol. The van der Waals surface area contributed by atoms with Crippen molar-refractivity contribution in [2.75, 3.05) is 6.54 Å². The molecule has 0 bridgehead atoms. The van der Waals surface area contributed by atoms with Gasteiger partial charge in [0.2, 0.25) is 0 Å². The summed E-state index contributed by atoms with van der Waals surface area (Å²) in [6.07, 6.45) is 1.62. The highest BCUT2D eigenvalue weighted by atomic mass is 16.6. The Kier molecular flexibility index (Phi) is 2.39. The van der Waals surface area contributed by atoms with Gasteiger partial charge in [-0.25, -0.2) is 0 Å². The van der Waals surface area contributed by atoms with Crippen LogP contribution in [0.4, 0.5) is 5.82 Å². The Balaban J connectivity index is 2.92. The Morgan fingerprint density at radius 1 is 1.83 bits per heavy atom. The minimum Gasteiger partial charge on any atom is -0.358 e. The van der Waals surface area contributed by atoms with Crippen molar-refractivity contribution >= 4 is 5.82 Å². The van der Waals surface area contributed by atoms with Gasteiger partial charge < -0.3 is 15.8 Å². The SMILES string of the molecule is Cc1cn(CCN)nc1[N+](=O)[O-]. The van der Waals surface area contributed by atoms with Gasteiger partial charge in [-0.2, -0.15) is 4.68 Å². The molecule has 0 unspecified atom stereocenters.